The average Bonchev–Trinajstić information content (AvgIpc) is 3.20. The molecule has 0 amide bonds. The van der Waals surface area contributed by atoms with Crippen molar-refractivity contribution in [1.29, 1.82) is 0 Å². The standard InChI is InChI=1S/C15H29N3/c1-12-9-17-8-4-3-5-14(17)10-18(12)11-15(16-2)13-6-7-13/h12-16H,3-11H2,1-2H3. The molecule has 0 radical (unpaired) electrons. The molecule has 0 aromatic carbocycles. The molecular formula is C15H29N3. The fraction of sp³-hybridized carbons (Fsp3) is 1.00. The Kier molecular flexibility index (Phi) is 3.92. The number of nitrogens with one attached hydrogen (secondary N) is 1. The van der Waals surface area contributed by atoms with Gasteiger partial charge in [0.1, 0.15) is 0 Å². The smallest absolute Gasteiger partial charge is 0.0223 e. The molecule has 3 rings (SSSR count). The Morgan fingerprint density at radius 1 is 1.17 bits per heavy atom. The summed E-state index contributed by atoms with van der Waals surface area (Å²) in [4.78, 5) is 5.50. The third kappa shape index (κ3) is 2.73. The Hall–Kier alpha value is -0.120. The molecule has 2 saturated heterocycles. The molecule has 3 aliphatic rings. The van der Waals surface area contributed by atoms with Crippen LogP contribution in [-0.4, -0.2) is 61.2 Å². The third-order valence-electron chi connectivity index (χ3n) is 5.31. The van der Waals surface area contributed by atoms with Gasteiger partial charge in [0.05, 0.1) is 0 Å². The minimum atomic E-state index is 0.739. The van der Waals surface area contributed by atoms with Crippen molar-refractivity contribution in [3.63, 3.8) is 0 Å². The average molecular weight is 251 g/mol. The number of piperidine rings is 1. The van der Waals surface area contributed by atoms with Crippen molar-refractivity contribution in [2.45, 2.75) is 57.2 Å². The summed E-state index contributed by atoms with van der Waals surface area (Å²) in [7, 11) is 2.14. The molecule has 3 atom stereocenters. The van der Waals surface area contributed by atoms with Gasteiger partial charge in [0.15, 0.2) is 0 Å². The van der Waals surface area contributed by atoms with Gasteiger partial charge in [-0.25, -0.2) is 0 Å². The maximum Gasteiger partial charge on any atom is 0.0223 e. The minimum absolute atomic E-state index is 0.739. The first-order valence-electron chi connectivity index (χ1n) is 7.93. The first-order valence-corrected chi connectivity index (χ1v) is 7.93. The van der Waals surface area contributed by atoms with E-state index in [1.165, 1.54) is 58.3 Å². The lowest BCUT2D eigenvalue weighted by Gasteiger charge is -2.48. The monoisotopic (exact) mass is 251 g/mol. The Labute approximate surface area is 112 Å². The van der Waals surface area contributed by atoms with Crippen molar-refractivity contribution >= 4 is 0 Å². The summed E-state index contributed by atoms with van der Waals surface area (Å²) < 4.78 is 0. The van der Waals surface area contributed by atoms with Crippen molar-refractivity contribution in [3.8, 4) is 0 Å². The number of likely N-dealkylation sites (N-methyl/N-ethyl adjacent to an activating group) is 1. The molecule has 3 heteroatoms. The minimum Gasteiger partial charge on any atom is -0.315 e. The van der Waals surface area contributed by atoms with Gasteiger partial charge in [-0.1, -0.05) is 6.42 Å². The Morgan fingerprint density at radius 2 is 2.00 bits per heavy atom. The van der Waals surface area contributed by atoms with E-state index in [9.17, 15) is 0 Å². The third-order valence-corrected chi connectivity index (χ3v) is 5.31. The molecule has 0 aromatic rings. The second-order valence-electron chi connectivity index (χ2n) is 6.68. The molecule has 3 fully saturated rings. The molecule has 18 heavy (non-hydrogen) atoms. The zero-order chi connectivity index (χ0) is 12.5. The number of hydrogen-bond acceptors (Lipinski definition) is 3. The predicted octanol–water partition coefficient (Wildman–Crippen LogP) is 1.54. The van der Waals surface area contributed by atoms with Crippen molar-refractivity contribution < 1.29 is 0 Å². The summed E-state index contributed by atoms with van der Waals surface area (Å²) in [5, 5.41) is 3.55. The summed E-state index contributed by atoms with van der Waals surface area (Å²) in [5.41, 5.74) is 0. The van der Waals surface area contributed by atoms with Crippen LogP contribution in [0.25, 0.3) is 0 Å². The van der Waals surface area contributed by atoms with Crippen LogP contribution in [0.5, 0.6) is 0 Å². The summed E-state index contributed by atoms with van der Waals surface area (Å²) in [5.74, 6) is 0.964. The van der Waals surface area contributed by atoms with Crippen LogP contribution in [0.3, 0.4) is 0 Å². The Morgan fingerprint density at radius 3 is 2.72 bits per heavy atom. The summed E-state index contributed by atoms with van der Waals surface area (Å²) in [6.45, 7) is 7.65. The lowest BCUT2D eigenvalue weighted by atomic mass is 9.96. The molecule has 1 N–H and O–H groups in total. The Balaban J connectivity index is 1.57. The first kappa shape index (κ1) is 12.9. The number of nitrogens with zero attached hydrogens (tertiary/aromatic N) is 2. The van der Waals surface area contributed by atoms with Crippen LogP contribution in [0.1, 0.15) is 39.0 Å². The molecule has 2 heterocycles. The summed E-state index contributed by atoms with van der Waals surface area (Å²) in [6, 6.07) is 2.34. The topological polar surface area (TPSA) is 18.5 Å². The van der Waals surface area contributed by atoms with Gasteiger partial charge >= 0.3 is 0 Å². The van der Waals surface area contributed by atoms with Gasteiger partial charge in [-0.05, 0) is 52.1 Å². The summed E-state index contributed by atoms with van der Waals surface area (Å²) >= 11 is 0. The fourth-order valence-corrected chi connectivity index (χ4v) is 3.89. The maximum atomic E-state index is 3.55. The highest BCUT2D eigenvalue weighted by atomic mass is 15.3. The molecule has 0 bridgehead atoms. The second kappa shape index (κ2) is 5.48. The lowest BCUT2D eigenvalue weighted by Crippen LogP contribution is -2.60. The molecule has 0 spiro atoms. The van der Waals surface area contributed by atoms with Gasteiger partial charge in [-0.3, -0.25) is 9.80 Å². The molecule has 2 aliphatic heterocycles. The first-order chi connectivity index (χ1) is 8.78. The molecule has 3 unspecified atom stereocenters. The Bertz CT molecular complexity index is 277. The van der Waals surface area contributed by atoms with Crippen LogP contribution in [0.4, 0.5) is 0 Å². The van der Waals surface area contributed by atoms with Gasteiger partial charge in [0.2, 0.25) is 0 Å². The van der Waals surface area contributed by atoms with Gasteiger partial charge in [-0.2, -0.15) is 0 Å². The second-order valence-corrected chi connectivity index (χ2v) is 6.68. The van der Waals surface area contributed by atoms with Gasteiger partial charge in [0.25, 0.3) is 0 Å². The SMILES string of the molecule is CNC(CN1CC2CCCCN2CC1C)C1CC1. The normalized spacial score (nSPS) is 36.3. The highest BCUT2D eigenvalue weighted by Crippen LogP contribution is 2.33. The quantitative estimate of drug-likeness (QED) is 0.818. The van der Waals surface area contributed by atoms with Crippen molar-refractivity contribution in [3.05, 3.63) is 0 Å². The van der Waals surface area contributed by atoms with Gasteiger partial charge in [-0.15, -0.1) is 0 Å². The van der Waals surface area contributed by atoms with Crippen molar-refractivity contribution in [1.82, 2.24) is 15.1 Å². The number of fused-ring (bicyclic) bond motifs is 1. The zero-order valence-corrected chi connectivity index (χ0v) is 12.1. The fourth-order valence-electron chi connectivity index (χ4n) is 3.89. The van der Waals surface area contributed by atoms with E-state index in [2.05, 4.69) is 29.1 Å². The van der Waals surface area contributed by atoms with Crippen LogP contribution in [0, 0.1) is 5.92 Å². The van der Waals surface area contributed by atoms with Crippen LogP contribution < -0.4 is 5.32 Å². The van der Waals surface area contributed by atoms with Crippen LogP contribution in [0.15, 0.2) is 0 Å². The molecule has 104 valence electrons. The van der Waals surface area contributed by atoms with E-state index >= 15 is 0 Å². The maximum absolute atomic E-state index is 3.55. The van der Waals surface area contributed by atoms with Crippen molar-refractivity contribution in [2.75, 3.05) is 33.2 Å². The van der Waals surface area contributed by atoms with E-state index < -0.39 is 0 Å². The van der Waals surface area contributed by atoms with E-state index in [4.69, 9.17) is 0 Å². The van der Waals surface area contributed by atoms with Crippen molar-refractivity contribution in [2.24, 2.45) is 5.92 Å². The molecule has 1 saturated carbocycles. The van der Waals surface area contributed by atoms with E-state index in [0.717, 1.165) is 24.0 Å². The molecule has 0 aromatic heterocycles. The van der Waals surface area contributed by atoms with E-state index in [-0.39, 0.29) is 0 Å². The number of piperazine rings is 1. The summed E-state index contributed by atoms with van der Waals surface area (Å²) in [6.07, 6.45) is 7.19. The van der Waals surface area contributed by atoms with Gasteiger partial charge < -0.3 is 5.32 Å². The number of hydrogen-bond donors (Lipinski definition) is 1. The van der Waals surface area contributed by atoms with Crippen LogP contribution >= 0.6 is 0 Å². The predicted molar refractivity (Wildman–Crippen MR) is 75.8 cm³/mol. The van der Waals surface area contributed by atoms with E-state index in [0.29, 0.717) is 0 Å². The lowest BCUT2D eigenvalue weighted by molar-refractivity contribution is 0.0100. The largest absolute Gasteiger partial charge is 0.315 e. The van der Waals surface area contributed by atoms with E-state index in [1.54, 1.807) is 0 Å². The zero-order valence-electron chi connectivity index (χ0n) is 12.1. The molecule has 1 aliphatic carbocycles. The van der Waals surface area contributed by atoms with Gasteiger partial charge in [0, 0.05) is 37.8 Å². The number of rotatable bonds is 4. The highest BCUT2D eigenvalue weighted by Gasteiger charge is 2.36. The van der Waals surface area contributed by atoms with Crippen LogP contribution in [0.2, 0.25) is 0 Å². The highest BCUT2D eigenvalue weighted by molar-refractivity contribution is 4.93. The molecular weight excluding hydrogens is 222 g/mol. The van der Waals surface area contributed by atoms with Crippen LogP contribution in [-0.2, 0) is 0 Å². The van der Waals surface area contributed by atoms with E-state index in [1.807, 2.05) is 0 Å². The molecule has 3 nitrogen and oxygen atoms in total.